The predicted octanol–water partition coefficient (Wildman–Crippen LogP) is 4.83. The van der Waals surface area contributed by atoms with Crippen LogP contribution in [0.5, 0.6) is 0 Å². The number of rotatable bonds is 8. The van der Waals surface area contributed by atoms with E-state index in [9.17, 15) is 22.8 Å². The van der Waals surface area contributed by atoms with Gasteiger partial charge in [0.15, 0.2) is 0 Å². The summed E-state index contributed by atoms with van der Waals surface area (Å²) in [7, 11) is 2.13. The number of amides is 2. The molecule has 0 bridgehead atoms. The standard InChI is InChI=1S/C23H34F3N3O2/c1-5-8-16-13-17(29(4)15(2)3)11-12-19(16)27-21(30)14-22(31)28-20-10-7-6-9-18(20)23(24,25)26/h6-7,9-10,15-17,19H,5,8,11-14H2,1-4H3,(H,27,30)(H,28,31)/t16-,17-,19-/m0/s1. The number of hydrogen-bond donors (Lipinski definition) is 2. The zero-order valence-electron chi connectivity index (χ0n) is 18.8. The maximum atomic E-state index is 13.1. The van der Waals surface area contributed by atoms with Crippen LogP contribution in [0.1, 0.15) is 64.9 Å². The van der Waals surface area contributed by atoms with Gasteiger partial charge in [-0.1, -0.05) is 25.5 Å². The predicted molar refractivity (Wildman–Crippen MR) is 116 cm³/mol. The van der Waals surface area contributed by atoms with Gasteiger partial charge in [0.1, 0.15) is 6.42 Å². The zero-order chi connectivity index (χ0) is 23.2. The van der Waals surface area contributed by atoms with Gasteiger partial charge >= 0.3 is 6.18 Å². The number of alkyl halides is 3. The van der Waals surface area contributed by atoms with Crippen LogP contribution in [0.15, 0.2) is 24.3 Å². The fourth-order valence-electron chi connectivity index (χ4n) is 4.35. The second-order valence-electron chi connectivity index (χ2n) is 8.72. The van der Waals surface area contributed by atoms with Crippen LogP contribution in [0.25, 0.3) is 0 Å². The maximum absolute atomic E-state index is 13.1. The van der Waals surface area contributed by atoms with Crippen LogP contribution in [0, 0.1) is 5.92 Å². The van der Waals surface area contributed by atoms with Gasteiger partial charge in [-0.25, -0.2) is 0 Å². The topological polar surface area (TPSA) is 61.4 Å². The first kappa shape index (κ1) is 25.2. The van der Waals surface area contributed by atoms with Crippen molar-refractivity contribution in [3.8, 4) is 0 Å². The Balaban J connectivity index is 1.95. The van der Waals surface area contributed by atoms with Crippen molar-refractivity contribution in [3.05, 3.63) is 29.8 Å². The summed E-state index contributed by atoms with van der Waals surface area (Å²) in [6.45, 7) is 6.44. The average Bonchev–Trinajstić information content (AvgIpc) is 2.68. The lowest BCUT2D eigenvalue weighted by molar-refractivity contribution is -0.137. The molecule has 0 radical (unpaired) electrons. The van der Waals surface area contributed by atoms with Crippen molar-refractivity contribution >= 4 is 17.5 Å². The molecule has 0 unspecified atom stereocenters. The summed E-state index contributed by atoms with van der Waals surface area (Å²) in [5.41, 5.74) is -1.27. The summed E-state index contributed by atoms with van der Waals surface area (Å²) in [4.78, 5) is 27.1. The molecular formula is C23H34F3N3O2. The maximum Gasteiger partial charge on any atom is 0.418 e. The molecule has 1 aliphatic rings. The van der Waals surface area contributed by atoms with Gasteiger partial charge in [0.2, 0.25) is 11.8 Å². The van der Waals surface area contributed by atoms with Crippen molar-refractivity contribution < 1.29 is 22.8 Å². The third-order valence-electron chi connectivity index (χ3n) is 6.18. The smallest absolute Gasteiger partial charge is 0.353 e. The molecule has 1 saturated carbocycles. The fraction of sp³-hybridized carbons (Fsp3) is 0.652. The van der Waals surface area contributed by atoms with Crippen LogP contribution in [-0.4, -0.2) is 41.9 Å². The van der Waals surface area contributed by atoms with Gasteiger partial charge in [0, 0.05) is 18.1 Å². The summed E-state index contributed by atoms with van der Waals surface area (Å²) in [6, 6.07) is 5.65. The Bertz CT molecular complexity index is 752. The van der Waals surface area contributed by atoms with E-state index in [1.54, 1.807) is 0 Å². The van der Waals surface area contributed by atoms with Crippen molar-refractivity contribution in [2.24, 2.45) is 5.92 Å². The quantitative estimate of drug-likeness (QED) is 0.568. The highest BCUT2D eigenvalue weighted by Crippen LogP contribution is 2.35. The largest absolute Gasteiger partial charge is 0.418 e. The van der Waals surface area contributed by atoms with Gasteiger partial charge in [0.05, 0.1) is 11.3 Å². The van der Waals surface area contributed by atoms with E-state index >= 15 is 0 Å². The molecule has 0 spiro atoms. The molecule has 174 valence electrons. The Kier molecular flexibility index (Phi) is 8.91. The van der Waals surface area contributed by atoms with E-state index in [0.29, 0.717) is 18.0 Å². The molecule has 1 aromatic carbocycles. The molecular weight excluding hydrogens is 407 g/mol. The number of anilines is 1. The summed E-state index contributed by atoms with van der Waals surface area (Å²) in [5, 5.41) is 5.19. The minimum absolute atomic E-state index is 0.0143. The fourth-order valence-corrected chi connectivity index (χ4v) is 4.35. The molecule has 0 heterocycles. The van der Waals surface area contributed by atoms with E-state index in [1.165, 1.54) is 18.2 Å². The normalized spacial score (nSPS) is 21.9. The first-order chi connectivity index (χ1) is 14.5. The SMILES string of the molecule is CCC[C@H]1C[C@@H](N(C)C(C)C)CC[C@@H]1NC(=O)CC(=O)Nc1ccccc1C(F)(F)F. The molecule has 0 aliphatic heterocycles. The van der Waals surface area contributed by atoms with Crippen molar-refractivity contribution in [3.63, 3.8) is 0 Å². The molecule has 1 fully saturated rings. The monoisotopic (exact) mass is 441 g/mol. The van der Waals surface area contributed by atoms with Crippen LogP contribution in [0.4, 0.5) is 18.9 Å². The summed E-state index contributed by atoms with van der Waals surface area (Å²) < 4.78 is 39.3. The molecule has 1 aliphatic carbocycles. The second-order valence-corrected chi connectivity index (χ2v) is 8.72. The van der Waals surface area contributed by atoms with Crippen LogP contribution in [-0.2, 0) is 15.8 Å². The number of halogens is 3. The van der Waals surface area contributed by atoms with E-state index in [2.05, 4.69) is 43.4 Å². The van der Waals surface area contributed by atoms with Gasteiger partial charge in [-0.2, -0.15) is 13.2 Å². The number of nitrogens with one attached hydrogen (secondary N) is 2. The third-order valence-corrected chi connectivity index (χ3v) is 6.18. The molecule has 2 N–H and O–H groups in total. The van der Waals surface area contributed by atoms with Crippen molar-refractivity contribution in [2.45, 2.75) is 83.6 Å². The highest BCUT2D eigenvalue weighted by Gasteiger charge is 2.35. The molecule has 0 aromatic heterocycles. The van der Waals surface area contributed by atoms with Crippen LogP contribution < -0.4 is 10.6 Å². The van der Waals surface area contributed by atoms with E-state index in [0.717, 1.165) is 38.2 Å². The Morgan fingerprint density at radius 1 is 1.16 bits per heavy atom. The molecule has 2 rings (SSSR count). The van der Waals surface area contributed by atoms with Crippen LogP contribution in [0.2, 0.25) is 0 Å². The number of nitrogens with zero attached hydrogens (tertiary/aromatic N) is 1. The van der Waals surface area contributed by atoms with Gasteiger partial charge in [-0.05, 0) is 64.6 Å². The minimum atomic E-state index is -4.58. The van der Waals surface area contributed by atoms with E-state index in [-0.39, 0.29) is 11.7 Å². The summed E-state index contributed by atoms with van der Waals surface area (Å²) in [5.74, 6) is -0.888. The number of hydrogen-bond acceptors (Lipinski definition) is 3. The highest BCUT2D eigenvalue weighted by atomic mass is 19.4. The van der Waals surface area contributed by atoms with Crippen molar-refractivity contribution in [1.82, 2.24) is 10.2 Å². The Hall–Kier alpha value is -2.09. The van der Waals surface area contributed by atoms with Gasteiger partial charge in [-0.15, -0.1) is 0 Å². The van der Waals surface area contributed by atoms with Gasteiger partial charge in [-0.3, -0.25) is 9.59 Å². The van der Waals surface area contributed by atoms with Crippen molar-refractivity contribution in [1.29, 1.82) is 0 Å². The molecule has 8 heteroatoms. The minimum Gasteiger partial charge on any atom is -0.353 e. The summed E-state index contributed by atoms with van der Waals surface area (Å²) >= 11 is 0. The first-order valence-corrected chi connectivity index (χ1v) is 11.0. The molecule has 31 heavy (non-hydrogen) atoms. The zero-order valence-corrected chi connectivity index (χ0v) is 18.8. The first-order valence-electron chi connectivity index (χ1n) is 11.0. The Morgan fingerprint density at radius 3 is 2.45 bits per heavy atom. The van der Waals surface area contributed by atoms with Gasteiger partial charge in [0.25, 0.3) is 0 Å². The van der Waals surface area contributed by atoms with E-state index in [1.807, 2.05) is 0 Å². The average molecular weight is 442 g/mol. The van der Waals surface area contributed by atoms with Crippen LogP contribution >= 0.6 is 0 Å². The van der Waals surface area contributed by atoms with Crippen LogP contribution in [0.3, 0.4) is 0 Å². The van der Waals surface area contributed by atoms with E-state index in [4.69, 9.17) is 0 Å². The Labute approximate surface area is 182 Å². The number of para-hydroxylation sites is 1. The molecule has 0 saturated heterocycles. The molecule has 3 atom stereocenters. The second kappa shape index (κ2) is 11.0. The number of carbonyl (C=O) groups is 2. The Morgan fingerprint density at radius 2 is 1.84 bits per heavy atom. The lowest BCUT2D eigenvalue weighted by Crippen LogP contribution is -2.49. The number of carbonyl (C=O) groups excluding carboxylic acids is 2. The van der Waals surface area contributed by atoms with Gasteiger partial charge < -0.3 is 15.5 Å². The van der Waals surface area contributed by atoms with Crippen molar-refractivity contribution in [2.75, 3.05) is 12.4 Å². The molecule has 2 amide bonds. The lowest BCUT2D eigenvalue weighted by Gasteiger charge is -2.41. The van der Waals surface area contributed by atoms with E-state index < -0.39 is 30.0 Å². The molecule has 1 aromatic rings. The number of benzene rings is 1. The highest BCUT2D eigenvalue weighted by molar-refractivity contribution is 6.04. The summed E-state index contributed by atoms with van der Waals surface area (Å²) in [6.07, 6.45) is -0.319. The molecule has 5 nitrogen and oxygen atoms in total. The third kappa shape index (κ3) is 7.23. The lowest BCUT2D eigenvalue weighted by atomic mass is 9.78.